The van der Waals surface area contributed by atoms with Gasteiger partial charge in [-0.25, -0.2) is 8.42 Å². The SMILES string of the molecule is Cc1cc(N2CC[C@@H](S(C)(=O)=O)C2)c2ccc(OCc3ccc(C#N)cc3)cc2n1.Cl. The van der Waals surface area contributed by atoms with Gasteiger partial charge in [0.1, 0.15) is 12.4 Å². The first-order valence-corrected chi connectivity index (χ1v) is 11.8. The third kappa shape index (κ3) is 5.09. The Hall–Kier alpha value is -2.82. The molecule has 1 aliphatic rings. The number of hydrogen-bond donors (Lipinski definition) is 0. The van der Waals surface area contributed by atoms with E-state index in [1.54, 1.807) is 12.1 Å². The standard InChI is InChI=1S/C23H23N3O3S.ClH/c1-16-11-23(26-10-9-20(14-26)30(2,27)28)21-8-7-19(12-22(21)25-16)29-15-18-5-3-17(13-24)4-6-18;/h3-8,11-12,20H,9-10,14-15H2,1-2H3;1H/t20-;/m1./s1. The van der Waals surface area contributed by atoms with Gasteiger partial charge < -0.3 is 9.64 Å². The summed E-state index contributed by atoms with van der Waals surface area (Å²) < 4.78 is 29.8. The van der Waals surface area contributed by atoms with E-state index in [1.807, 2.05) is 43.3 Å². The molecule has 0 aliphatic carbocycles. The average Bonchev–Trinajstić information content (AvgIpc) is 3.22. The molecule has 8 heteroatoms. The lowest BCUT2D eigenvalue weighted by molar-refractivity contribution is 0.306. The highest BCUT2D eigenvalue weighted by atomic mass is 35.5. The van der Waals surface area contributed by atoms with Crippen molar-refractivity contribution in [3.63, 3.8) is 0 Å². The molecular weight excluding hydrogens is 434 g/mol. The van der Waals surface area contributed by atoms with Crippen LogP contribution in [0.25, 0.3) is 10.9 Å². The van der Waals surface area contributed by atoms with Gasteiger partial charge in [-0.05, 0) is 49.2 Å². The third-order valence-corrected chi connectivity index (χ3v) is 7.06. The summed E-state index contributed by atoms with van der Waals surface area (Å²) in [6.45, 7) is 3.57. The number of ether oxygens (including phenoxy) is 1. The van der Waals surface area contributed by atoms with Crippen LogP contribution in [0.4, 0.5) is 5.69 Å². The highest BCUT2D eigenvalue weighted by Crippen LogP contribution is 2.32. The van der Waals surface area contributed by atoms with E-state index < -0.39 is 9.84 Å². The predicted molar refractivity (Wildman–Crippen MR) is 125 cm³/mol. The van der Waals surface area contributed by atoms with E-state index in [0.717, 1.165) is 27.8 Å². The Morgan fingerprint density at radius 3 is 2.58 bits per heavy atom. The van der Waals surface area contributed by atoms with Gasteiger partial charge in [-0.2, -0.15) is 5.26 Å². The Morgan fingerprint density at radius 2 is 1.94 bits per heavy atom. The molecule has 1 saturated heterocycles. The molecular formula is C23H24ClN3O3S. The fourth-order valence-electron chi connectivity index (χ4n) is 3.81. The normalized spacial score (nSPS) is 16.0. The molecule has 162 valence electrons. The summed E-state index contributed by atoms with van der Waals surface area (Å²) in [5.74, 6) is 0.714. The van der Waals surface area contributed by atoms with Crippen molar-refractivity contribution >= 4 is 38.8 Å². The van der Waals surface area contributed by atoms with Crippen LogP contribution in [0.5, 0.6) is 5.75 Å². The van der Waals surface area contributed by atoms with Crippen LogP contribution in [0.1, 0.15) is 23.2 Å². The summed E-state index contributed by atoms with van der Waals surface area (Å²) in [5, 5.41) is 9.56. The summed E-state index contributed by atoms with van der Waals surface area (Å²) in [7, 11) is -3.05. The Kier molecular flexibility index (Phi) is 6.73. The van der Waals surface area contributed by atoms with Crippen molar-refractivity contribution in [1.29, 1.82) is 5.26 Å². The van der Waals surface area contributed by atoms with Gasteiger partial charge in [0.15, 0.2) is 9.84 Å². The molecule has 3 aromatic rings. The van der Waals surface area contributed by atoms with Crippen LogP contribution in [-0.4, -0.2) is 38.0 Å². The number of aryl methyl sites for hydroxylation is 1. The van der Waals surface area contributed by atoms with Crippen LogP contribution >= 0.6 is 12.4 Å². The van der Waals surface area contributed by atoms with Crippen LogP contribution in [0.15, 0.2) is 48.5 Å². The van der Waals surface area contributed by atoms with Gasteiger partial charge in [-0.1, -0.05) is 12.1 Å². The second kappa shape index (κ2) is 9.13. The number of anilines is 1. The van der Waals surface area contributed by atoms with Gasteiger partial charge in [-0.3, -0.25) is 4.98 Å². The molecule has 31 heavy (non-hydrogen) atoms. The molecule has 0 saturated carbocycles. The summed E-state index contributed by atoms with van der Waals surface area (Å²) in [6.07, 6.45) is 1.96. The summed E-state index contributed by atoms with van der Waals surface area (Å²) in [6, 6.07) is 17.2. The molecule has 0 bridgehead atoms. The number of halogens is 1. The van der Waals surface area contributed by atoms with Crippen molar-refractivity contribution in [1.82, 2.24) is 4.98 Å². The van der Waals surface area contributed by atoms with E-state index in [0.29, 0.717) is 37.4 Å². The first-order valence-electron chi connectivity index (χ1n) is 9.80. The number of sulfone groups is 1. The molecule has 0 unspecified atom stereocenters. The van der Waals surface area contributed by atoms with Gasteiger partial charge in [0.25, 0.3) is 0 Å². The summed E-state index contributed by atoms with van der Waals surface area (Å²) >= 11 is 0. The first kappa shape index (κ1) is 22.9. The van der Waals surface area contributed by atoms with E-state index in [-0.39, 0.29) is 17.7 Å². The molecule has 0 spiro atoms. The number of nitrogens with zero attached hydrogens (tertiary/aromatic N) is 3. The van der Waals surface area contributed by atoms with E-state index in [2.05, 4.69) is 16.0 Å². The Morgan fingerprint density at radius 1 is 1.19 bits per heavy atom. The van der Waals surface area contributed by atoms with Crippen LogP contribution in [0.3, 0.4) is 0 Å². The fraction of sp³-hybridized carbons (Fsp3) is 0.304. The Balaban J connectivity index is 0.00000272. The van der Waals surface area contributed by atoms with Crippen LogP contribution in [0, 0.1) is 18.3 Å². The van der Waals surface area contributed by atoms with Crippen molar-refractivity contribution < 1.29 is 13.2 Å². The van der Waals surface area contributed by atoms with Crippen LogP contribution in [-0.2, 0) is 16.4 Å². The maximum atomic E-state index is 11.9. The van der Waals surface area contributed by atoms with Gasteiger partial charge in [0, 0.05) is 42.2 Å². The lowest BCUT2D eigenvalue weighted by Gasteiger charge is -2.21. The van der Waals surface area contributed by atoms with E-state index >= 15 is 0 Å². The molecule has 1 atom stereocenters. The fourth-order valence-corrected chi connectivity index (χ4v) is 4.79. The minimum atomic E-state index is -3.05. The highest BCUT2D eigenvalue weighted by molar-refractivity contribution is 7.91. The molecule has 1 aliphatic heterocycles. The van der Waals surface area contributed by atoms with E-state index in [4.69, 9.17) is 10.00 Å². The number of aromatic nitrogens is 1. The lowest BCUT2D eigenvalue weighted by atomic mass is 10.1. The van der Waals surface area contributed by atoms with E-state index in [1.165, 1.54) is 6.26 Å². The van der Waals surface area contributed by atoms with Gasteiger partial charge in [0.2, 0.25) is 0 Å². The number of fused-ring (bicyclic) bond motifs is 1. The predicted octanol–water partition coefficient (Wildman–Crippen LogP) is 4.04. The Labute approximate surface area is 188 Å². The average molecular weight is 458 g/mol. The molecule has 0 amide bonds. The summed E-state index contributed by atoms with van der Waals surface area (Å²) in [4.78, 5) is 6.79. The molecule has 1 aromatic heterocycles. The number of hydrogen-bond acceptors (Lipinski definition) is 6. The van der Waals surface area contributed by atoms with Crippen LogP contribution < -0.4 is 9.64 Å². The topological polar surface area (TPSA) is 83.3 Å². The number of pyridine rings is 1. The van der Waals surface area contributed by atoms with Crippen molar-refractivity contribution in [2.75, 3.05) is 24.2 Å². The largest absolute Gasteiger partial charge is 0.489 e. The van der Waals surface area contributed by atoms with Crippen molar-refractivity contribution in [3.8, 4) is 11.8 Å². The van der Waals surface area contributed by atoms with Crippen molar-refractivity contribution in [2.24, 2.45) is 0 Å². The highest BCUT2D eigenvalue weighted by Gasteiger charge is 2.31. The first-order chi connectivity index (χ1) is 14.3. The molecule has 4 rings (SSSR count). The van der Waals surface area contributed by atoms with Crippen molar-refractivity contribution in [3.05, 3.63) is 65.4 Å². The smallest absolute Gasteiger partial charge is 0.152 e. The Bertz CT molecular complexity index is 1240. The van der Waals surface area contributed by atoms with Crippen molar-refractivity contribution in [2.45, 2.75) is 25.2 Å². The zero-order valence-corrected chi connectivity index (χ0v) is 19.0. The number of nitriles is 1. The molecule has 1 fully saturated rings. The minimum Gasteiger partial charge on any atom is -0.489 e. The quantitative estimate of drug-likeness (QED) is 0.575. The number of rotatable bonds is 5. The van der Waals surface area contributed by atoms with E-state index in [9.17, 15) is 8.42 Å². The number of benzene rings is 2. The zero-order valence-electron chi connectivity index (χ0n) is 17.4. The van der Waals surface area contributed by atoms with Gasteiger partial charge >= 0.3 is 0 Å². The summed E-state index contributed by atoms with van der Waals surface area (Å²) in [5.41, 5.74) is 4.32. The second-order valence-electron chi connectivity index (χ2n) is 7.75. The molecule has 2 aromatic carbocycles. The molecule has 0 radical (unpaired) electrons. The second-order valence-corrected chi connectivity index (χ2v) is 10.1. The minimum absolute atomic E-state index is 0. The lowest BCUT2D eigenvalue weighted by Crippen LogP contribution is -2.26. The maximum absolute atomic E-state index is 11.9. The van der Waals surface area contributed by atoms with Gasteiger partial charge in [0.05, 0.1) is 22.4 Å². The molecule has 2 heterocycles. The molecule has 0 N–H and O–H groups in total. The zero-order chi connectivity index (χ0) is 21.3. The monoisotopic (exact) mass is 457 g/mol. The maximum Gasteiger partial charge on any atom is 0.152 e. The van der Waals surface area contributed by atoms with Crippen LogP contribution in [0.2, 0.25) is 0 Å². The van der Waals surface area contributed by atoms with Gasteiger partial charge in [-0.15, -0.1) is 12.4 Å². The third-order valence-electron chi connectivity index (χ3n) is 5.47. The molecule has 6 nitrogen and oxygen atoms in total.